The van der Waals surface area contributed by atoms with Crippen LogP contribution >= 0.6 is 15.0 Å². The third-order valence-corrected chi connectivity index (χ3v) is 23.3. The van der Waals surface area contributed by atoms with Crippen LogP contribution in [-0.4, -0.2) is 9.34 Å². The fraction of sp³-hybridized carbons (Fsp3) is 0.583. The maximum atomic E-state index is 8.19. The van der Waals surface area contributed by atoms with Crippen LogP contribution in [0, 0.1) is 21.7 Å². The molecule has 10 heteroatoms. The molecule has 5 aliphatic heterocycles. The second kappa shape index (κ2) is 12.6. The molecule has 0 amide bonds. The van der Waals surface area contributed by atoms with Gasteiger partial charge in [0.2, 0.25) is 0 Å². The molecule has 0 aliphatic carbocycles. The van der Waals surface area contributed by atoms with Crippen LogP contribution < -0.4 is 8.88 Å². The molecule has 5 heterocycles. The minimum atomic E-state index is -4.75. The Labute approximate surface area is 351 Å². The van der Waals surface area contributed by atoms with Gasteiger partial charge in [-0.2, -0.15) is 0 Å². The van der Waals surface area contributed by atoms with E-state index in [0.717, 1.165) is 34.4 Å². The van der Waals surface area contributed by atoms with Crippen molar-refractivity contribution in [1.29, 1.82) is 0 Å². The van der Waals surface area contributed by atoms with Gasteiger partial charge in [-0.1, -0.05) is 0 Å². The maximum absolute atomic E-state index is 8.19. The van der Waals surface area contributed by atoms with Crippen molar-refractivity contribution in [2.24, 2.45) is 21.7 Å². The minimum absolute atomic E-state index is 0.154. The van der Waals surface area contributed by atoms with E-state index in [1.807, 2.05) is 0 Å². The Hall–Kier alpha value is -3.34. The molecule has 2 spiro atoms. The SMILES string of the molecule is CC(C)c1cccc(C(C)C)c1N1P23(OC(C(C)(C)C)=CN2C=C(C(C)(C)C)O3)N(c2c(C(C)C)cccc2C(C)C)P123OC(C(C)(C)C)=CN2C=C(C(C)(C)C)O3. The number of rotatable bonds is 6. The molecule has 0 unspecified atom stereocenters. The fourth-order valence-corrected chi connectivity index (χ4v) is 23.8. The van der Waals surface area contributed by atoms with Crippen LogP contribution in [0.25, 0.3) is 0 Å². The molecule has 58 heavy (non-hydrogen) atoms. The van der Waals surface area contributed by atoms with Crippen LogP contribution in [0.1, 0.15) is 184 Å². The van der Waals surface area contributed by atoms with Crippen LogP contribution in [0.15, 0.2) is 84.2 Å². The van der Waals surface area contributed by atoms with Gasteiger partial charge in [-0.15, -0.1) is 0 Å². The van der Waals surface area contributed by atoms with E-state index < -0.39 is 15.0 Å². The Morgan fingerprint density at radius 2 is 0.586 bits per heavy atom. The van der Waals surface area contributed by atoms with Crippen molar-refractivity contribution in [1.82, 2.24) is 9.34 Å². The summed E-state index contributed by atoms with van der Waals surface area (Å²) >= 11 is 0. The first-order valence-corrected chi connectivity index (χ1v) is 25.5. The zero-order valence-electron chi connectivity index (χ0n) is 39.4. The van der Waals surface area contributed by atoms with Crippen molar-refractivity contribution in [2.75, 3.05) is 8.88 Å². The van der Waals surface area contributed by atoms with E-state index in [4.69, 9.17) is 18.1 Å². The van der Waals surface area contributed by atoms with Gasteiger partial charge in [0, 0.05) is 0 Å². The first-order valence-electron chi connectivity index (χ1n) is 21.6. The molecule has 2 aromatic rings. The molecule has 320 valence electrons. The number of benzene rings is 2. The third-order valence-electron chi connectivity index (χ3n) is 12.2. The summed E-state index contributed by atoms with van der Waals surface area (Å²) in [6.45, 7) is 45.2. The molecular formula is C48H74N4O4P2. The molecule has 5 aliphatic rings. The topological polar surface area (TPSA) is 49.9 Å². The first-order chi connectivity index (χ1) is 26.5. The predicted molar refractivity (Wildman–Crippen MR) is 246 cm³/mol. The number of nitrogens with zero attached hydrogens (tertiary/aromatic N) is 4. The van der Waals surface area contributed by atoms with Crippen molar-refractivity contribution in [2.45, 2.75) is 162 Å². The molecule has 8 nitrogen and oxygen atoms in total. The van der Waals surface area contributed by atoms with E-state index in [1.165, 1.54) is 22.3 Å². The number of anilines is 2. The zero-order valence-corrected chi connectivity index (χ0v) is 41.2. The molecule has 0 atom stereocenters. The van der Waals surface area contributed by atoms with E-state index in [-0.39, 0.29) is 45.3 Å². The van der Waals surface area contributed by atoms with E-state index in [9.17, 15) is 0 Å². The summed E-state index contributed by atoms with van der Waals surface area (Å²) in [5, 5.41) is 0. The van der Waals surface area contributed by atoms with E-state index in [1.54, 1.807) is 0 Å². The van der Waals surface area contributed by atoms with Gasteiger partial charge in [0.1, 0.15) is 0 Å². The predicted octanol–water partition coefficient (Wildman–Crippen LogP) is 16.0. The molecule has 2 aromatic carbocycles. The second-order valence-corrected chi connectivity index (χ2v) is 29.7. The van der Waals surface area contributed by atoms with Crippen molar-refractivity contribution in [3.05, 3.63) is 106 Å². The third kappa shape index (κ3) is 5.44. The van der Waals surface area contributed by atoms with Gasteiger partial charge in [0.05, 0.1) is 0 Å². The van der Waals surface area contributed by atoms with Crippen LogP contribution in [-0.2, 0) is 18.1 Å². The second-order valence-electron chi connectivity index (χ2n) is 22.5. The summed E-state index contributed by atoms with van der Waals surface area (Å²) in [6, 6.07) is 13.6. The Kier molecular flexibility index (Phi) is 9.29. The number of hydrogen-bond acceptors (Lipinski definition) is 8. The van der Waals surface area contributed by atoms with Crippen LogP contribution in [0.3, 0.4) is 0 Å². The molecule has 0 saturated carbocycles. The van der Waals surface area contributed by atoms with Crippen LogP contribution in [0.4, 0.5) is 11.4 Å². The van der Waals surface area contributed by atoms with Gasteiger partial charge >= 0.3 is 353 Å². The van der Waals surface area contributed by atoms with Crippen molar-refractivity contribution in [3.63, 3.8) is 0 Å². The monoisotopic (exact) mass is 833 g/mol. The van der Waals surface area contributed by atoms with Crippen molar-refractivity contribution >= 4 is 26.4 Å². The standard InChI is InChI=1S/C48H74N4O4P2/c1-31(2)35-23-21-24-36(32(3)4)43(35)51-57(49(27-39(53-57)45(9,10)11)28-40(54-57)46(12,13)14)52(44-37(33(5)6)25-22-26-38(44)34(7)8)58(51)50(29-41(55-58)47(15,16)17)30-42(56-58)48(18,19)20/h21-34H,1-20H3. The van der Waals surface area contributed by atoms with Crippen molar-refractivity contribution in [3.8, 4) is 0 Å². The summed E-state index contributed by atoms with van der Waals surface area (Å²) in [5.41, 5.74) is 5.50. The Bertz CT molecular complexity index is 1880. The molecule has 7 rings (SSSR count). The summed E-state index contributed by atoms with van der Waals surface area (Å²) in [4.78, 5) is 0. The Balaban J connectivity index is 1.80. The van der Waals surface area contributed by atoms with Gasteiger partial charge in [-0.3, -0.25) is 0 Å². The van der Waals surface area contributed by atoms with Crippen LogP contribution in [0.2, 0.25) is 0 Å². The molecule has 0 aromatic heterocycles. The Morgan fingerprint density at radius 3 is 0.759 bits per heavy atom. The van der Waals surface area contributed by atoms with Gasteiger partial charge in [0.15, 0.2) is 0 Å². The van der Waals surface area contributed by atoms with E-state index in [2.05, 4.69) is 218 Å². The summed E-state index contributed by atoms with van der Waals surface area (Å²) in [5.74, 6) is 4.06. The summed E-state index contributed by atoms with van der Waals surface area (Å²) in [7, 11) is -9.49. The Morgan fingerprint density at radius 1 is 0.379 bits per heavy atom. The number of allylic oxidation sites excluding steroid dienone is 4. The van der Waals surface area contributed by atoms with E-state index >= 15 is 0 Å². The number of para-hydroxylation sites is 2. The molecule has 0 N–H and O–H groups in total. The average molecular weight is 833 g/mol. The zero-order chi connectivity index (χ0) is 43.2. The van der Waals surface area contributed by atoms with E-state index in [0.29, 0.717) is 0 Å². The van der Waals surface area contributed by atoms with Gasteiger partial charge in [-0.25, -0.2) is 0 Å². The fourth-order valence-electron chi connectivity index (χ4n) is 8.80. The molecule has 0 bridgehead atoms. The molecule has 1 fully saturated rings. The number of hydrogen-bond donors (Lipinski definition) is 0. The molecular weight excluding hydrogens is 758 g/mol. The van der Waals surface area contributed by atoms with Crippen LogP contribution in [0.5, 0.6) is 0 Å². The normalized spacial score (nSPS) is 23.0. The first kappa shape index (κ1) is 42.8. The summed E-state index contributed by atoms with van der Waals surface area (Å²) < 4.78 is 42.5. The molecule has 0 radical (unpaired) electrons. The van der Waals surface area contributed by atoms with Crippen molar-refractivity contribution < 1.29 is 18.1 Å². The van der Waals surface area contributed by atoms with Gasteiger partial charge < -0.3 is 0 Å². The summed E-state index contributed by atoms with van der Waals surface area (Å²) in [6.07, 6.45) is 8.94. The quantitative estimate of drug-likeness (QED) is 0.267. The molecule has 1 saturated heterocycles. The van der Waals surface area contributed by atoms with Gasteiger partial charge in [0.25, 0.3) is 0 Å². The van der Waals surface area contributed by atoms with Gasteiger partial charge in [-0.05, 0) is 0 Å². The average Bonchev–Trinajstić information content (AvgIpc) is 3.78.